The highest BCUT2D eigenvalue weighted by atomic mass is 127. The molecule has 0 saturated carbocycles. The number of rotatable bonds is 7. The van der Waals surface area contributed by atoms with Gasteiger partial charge >= 0.3 is 0 Å². The lowest BCUT2D eigenvalue weighted by Crippen LogP contribution is -2.53. The van der Waals surface area contributed by atoms with Crippen LogP contribution < -0.4 is 5.32 Å². The third-order valence-corrected chi connectivity index (χ3v) is 4.76. The molecule has 2 fully saturated rings. The zero-order valence-corrected chi connectivity index (χ0v) is 18.6. The summed E-state index contributed by atoms with van der Waals surface area (Å²) in [5.41, 5.74) is 0. The Morgan fingerprint density at radius 3 is 2.46 bits per heavy atom. The molecule has 0 aromatic heterocycles. The van der Waals surface area contributed by atoms with Crippen LogP contribution in [0.4, 0.5) is 0 Å². The van der Waals surface area contributed by atoms with Gasteiger partial charge in [0, 0.05) is 72.6 Å². The van der Waals surface area contributed by atoms with E-state index in [0.29, 0.717) is 5.92 Å². The van der Waals surface area contributed by atoms with Gasteiger partial charge in [0.15, 0.2) is 5.96 Å². The molecule has 2 rings (SSSR count). The number of ether oxygens (including phenoxy) is 2. The first-order valence-electron chi connectivity index (χ1n) is 9.65. The van der Waals surface area contributed by atoms with Gasteiger partial charge in [0.25, 0.3) is 0 Å². The first kappa shape index (κ1) is 23.4. The number of guanidine groups is 1. The van der Waals surface area contributed by atoms with Crippen LogP contribution in [0, 0.1) is 5.92 Å². The van der Waals surface area contributed by atoms with E-state index in [1.807, 2.05) is 4.90 Å². The number of aliphatic imine (C=N–C) groups is 1. The van der Waals surface area contributed by atoms with Gasteiger partial charge in [-0.1, -0.05) is 0 Å². The molecule has 2 heterocycles. The Balaban J connectivity index is 0.00000338. The number of hydrogen-bond acceptors (Lipinski definition) is 4. The van der Waals surface area contributed by atoms with Crippen LogP contribution in [0.15, 0.2) is 4.99 Å². The molecule has 1 amide bonds. The van der Waals surface area contributed by atoms with Crippen LogP contribution >= 0.6 is 24.0 Å². The molecule has 152 valence electrons. The maximum absolute atomic E-state index is 11.4. The number of halogens is 1. The lowest BCUT2D eigenvalue weighted by Gasteiger charge is -2.36. The number of nitrogens with one attached hydrogen (secondary N) is 1. The van der Waals surface area contributed by atoms with Gasteiger partial charge in [-0.3, -0.25) is 9.79 Å². The van der Waals surface area contributed by atoms with E-state index in [4.69, 9.17) is 14.5 Å². The number of nitrogens with zero attached hydrogens (tertiary/aromatic N) is 3. The molecule has 1 N–H and O–H groups in total. The molecule has 0 bridgehead atoms. The smallest absolute Gasteiger partial charge is 0.219 e. The summed E-state index contributed by atoms with van der Waals surface area (Å²) in [4.78, 5) is 20.3. The van der Waals surface area contributed by atoms with Crippen molar-refractivity contribution in [2.75, 3.05) is 65.7 Å². The van der Waals surface area contributed by atoms with Crippen LogP contribution in [-0.4, -0.2) is 87.4 Å². The third-order valence-electron chi connectivity index (χ3n) is 4.76. The van der Waals surface area contributed by atoms with Gasteiger partial charge in [0.2, 0.25) is 5.91 Å². The van der Waals surface area contributed by atoms with Crippen molar-refractivity contribution < 1.29 is 14.3 Å². The lowest BCUT2D eigenvalue weighted by atomic mass is 10.0. The highest BCUT2D eigenvalue weighted by Gasteiger charge is 2.20. The Bertz CT molecular complexity index is 423. The van der Waals surface area contributed by atoms with Crippen LogP contribution in [0.5, 0.6) is 0 Å². The Hall–Kier alpha value is -0.610. The van der Waals surface area contributed by atoms with Crippen molar-refractivity contribution in [1.29, 1.82) is 0 Å². The summed E-state index contributed by atoms with van der Waals surface area (Å²) in [5, 5.41) is 3.36. The molecule has 7 nitrogen and oxygen atoms in total. The summed E-state index contributed by atoms with van der Waals surface area (Å²) < 4.78 is 11.2. The van der Waals surface area contributed by atoms with Crippen LogP contribution in [0.2, 0.25) is 0 Å². The topological polar surface area (TPSA) is 66.4 Å². The van der Waals surface area contributed by atoms with Crippen LogP contribution in [0.1, 0.15) is 33.1 Å². The molecule has 0 spiro atoms. The van der Waals surface area contributed by atoms with E-state index in [0.717, 1.165) is 90.9 Å². The van der Waals surface area contributed by atoms with E-state index in [-0.39, 0.29) is 29.9 Å². The van der Waals surface area contributed by atoms with Gasteiger partial charge in [0.1, 0.15) is 0 Å². The highest BCUT2D eigenvalue weighted by Crippen LogP contribution is 2.14. The normalized spacial score (nSPS) is 19.2. The summed E-state index contributed by atoms with van der Waals surface area (Å²) in [6.07, 6.45) is 3.18. The van der Waals surface area contributed by atoms with Crippen molar-refractivity contribution in [2.45, 2.75) is 33.1 Å². The number of amides is 1. The second-order valence-corrected chi connectivity index (χ2v) is 6.71. The molecule has 0 aromatic rings. The summed E-state index contributed by atoms with van der Waals surface area (Å²) in [6, 6.07) is 0. The minimum atomic E-state index is 0. The minimum Gasteiger partial charge on any atom is -0.381 e. The van der Waals surface area contributed by atoms with Crippen LogP contribution in [-0.2, 0) is 14.3 Å². The summed E-state index contributed by atoms with van der Waals surface area (Å²) in [7, 11) is 0. The monoisotopic (exact) mass is 482 g/mol. The number of carbonyl (C=O) groups excluding carboxylic acids is 1. The molecule has 2 saturated heterocycles. The summed E-state index contributed by atoms with van der Waals surface area (Å²) >= 11 is 0. The number of carbonyl (C=O) groups is 1. The van der Waals surface area contributed by atoms with Crippen molar-refractivity contribution in [3.63, 3.8) is 0 Å². The molecular weight excluding hydrogens is 447 g/mol. The summed E-state index contributed by atoms with van der Waals surface area (Å²) in [5.74, 6) is 1.77. The Labute approximate surface area is 174 Å². The van der Waals surface area contributed by atoms with Gasteiger partial charge in [-0.2, -0.15) is 0 Å². The van der Waals surface area contributed by atoms with Crippen molar-refractivity contribution in [1.82, 2.24) is 15.1 Å². The van der Waals surface area contributed by atoms with E-state index in [1.54, 1.807) is 6.92 Å². The molecule has 0 atom stereocenters. The van der Waals surface area contributed by atoms with E-state index in [9.17, 15) is 4.79 Å². The maximum atomic E-state index is 11.4. The number of hydrogen-bond donors (Lipinski definition) is 1. The van der Waals surface area contributed by atoms with Gasteiger partial charge < -0.3 is 24.6 Å². The molecule has 2 aliphatic rings. The van der Waals surface area contributed by atoms with Crippen molar-refractivity contribution in [3.8, 4) is 0 Å². The van der Waals surface area contributed by atoms with Gasteiger partial charge in [-0.05, 0) is 32.1 Å². The first-order valence-corrected chi connectivity index (χ1v) is 9.65. The van der Waals surface area contributed by atoms with Crippen molar-refractivity contribution >= 4 is 35.8 Å². The average molecular weight is 482 g/mol. The fourth-order valence-electron chi connectivity index (χ4n) is 3.17. The second kappa shape index (κ2) is 13.5. The van der Waals surface area contributed by atoms with E-state index in [1.165, 1.54) is 0 Å². The largest absolute Gasteiger partial charge is 0.381 e. The SMILES string of the molecule is CCNC(=NCCCOCC1CCOCC1)N1CCN(C(C)=O)CC1.I. The zero-order chi connectivity index (χ0) is 17.9. The van der Waals surface area contributed by atoms with Crippen LogP contribution in [0.3, 0.4) is 0 Å². The molecule has 0 radical (unpaired) electrons. The quantitative estimate of drug-likeness (QED) is 0.258. The average Bonchev–Trinajstić information content (AvgIpc) is 2.64. The molecule has 0 unspecified atom stereocenters. The number of piperazine rings is 1. The van der Waals surface area contributed by atoms with Gasteiger partial charge in [-0.25, -0.2) is 0 Å². The minimum absolute atomic E-state index is 0. The highest BCUT2D eigenvalue weighted by molar-refractivity contribution is 14.0. The first-order chi connectivity index (χ1) is 12.2. The Kier molecular flexibility index (Phi) is 12.2. The van der Waals surface area contributed by atoms with Crippen molar-refractivity contribution in [3.05, 3.63) is 0 Å². The van der Waals surface area contributed by atoms with E-state index < -0.39 is 0 Å². The molecule has 8 heteroatoms. The molecule has 26 heavy (non-hydrogen) atoms. The predicted molar refractivity (Wildman–Crippen MR) is 114 cm³/mol. The second-order valence-electron chi connectivity index (χ2n) is 6.71. The summed E-state index contributed by atoms with van der Waals surface area (Å²) in [6.45, 7) is 11.9. The van der Waals surface area contributed by atoms with Gasteiger partial charge in [-0.15, -0.1) is 24.0 Å². The third kappa shape index (κ3) is 8.39. The fraction of sp³-hybridized carbons (Fsp3) is 0.889. The molecule has 2 aliphatic heterocycles. The molecule has 0 aromatic carbocycles. The fourth-order valence-corrected chi connectivity index (χ4v) is 3.17. The van der Waals surface area contributed by atoms with Gasteiger partial charge in [0.05, 0.1) is 0 Å². The zero-order valence-electron chi connectivity index (χ0n) is 16.2. The molecular formula is C18H35IN4O3. The standard InChI is InChI=1S/C18H34N4O3.HI/c1-3-19-18(22-10-8-21(9-11-22)16(2)23)20-7-4-12-25-15-17-5-13-24-14-6-17;/h17H,3-15H2,1-2H3,(H,19,20);1H. The molecule has 0 aliphatic carbocycles. The maximum Gasteiger partial charge on any atom is 0.219 e. The van der Waals surface area contributed by atoms with E-state index >= 15 is 0 Å². The Morgan fingerprint density at radius 2 is 1.85 bits per heavy atom. The van der Waals surface area contributed by atoms with Crippen LogP contribution in [0.25, 0.3) is 0 Å². The van der Waals surface area contributed by atoms with Crippen molar-refractivity contribution in [2.24, 2.45) is 10.9 Å². The predicted octanol–water partition coefficient (Wildman–Crippen LogP) is 1.57. The van der Waals surface area contributed by atoms with E-state index in [2.05, 4.69) is 17.1 Å². The lowest BCUT2D eigenvalue weighted by molar-refractivity contribution is -0.130. The Morgan fingerprint density at radius 1 is 1.19 bits per heavy atom.